The van der Waals surface area contributed by atoms with Crippen molar-refractivity contribution in [1.82, 2.24) is 9.71 Å². The van der Waals surface area contributed by atoms with E-state index in [-0.39, 0.29) is 11.4 Å². The summed E-state index contributed by atoms with van der Waals surface area (Å²) in [5.74, 6) is -3.57. The van der Waals surface area contributed by atoms with Crippen molar-refractivity contribution < 1.29 is 25.6 Å². The van der Waals surface area contributed by atoms with Crippen LogP contribution in [0.1, 0.15) is 5.01 Å². The molecule has 0 spiro atoms. The van der Waals surface area contributed by atoms with Gasteiger partial charge in [-0.1, -0.05) is 12.1 Å². The van der Waals surface area contributed by atoms with Gasteiger partial charge in [-0.2, -0.15) is 8.78 Å². The van der Waals surface area contributed by atoms with Gasteiger partial charge >= 0.3 is 5.76 Å². The van der Waals surface area contributed by atoms with Crippen molar-refractivity contribution in [2.24, 2.45) is 0 Å². The largest absolute Gasteiger partial charge is 0.341 e. The molecule has 0 saturated heterocycles. The second-order valence-electron chi connectivity index (χ2n) is 5.18. The molecular formula is C15H12F2N2O4S3. The van der Waals surface area contributed by atoms with E-state index in [1.807, 2.05) is 24.3 Å². The maximum absolute atomic E-state index is 12.5. The SMILES string of the molecule is O=S(=O)(NCc1nc2ccccc2s1)c1ccc(S(=O)(=O)C(F)F)cc1. The Bertz CT molecular complexity index is 1110. The number of rotatable bonds is 6. The Labute approximate surface area is 152 Å². The molecule has 6 nitrogen and oxygen atoms in total. The lowest BCUT2D eigenvalue weighted by Crippen LogP contribution is -2.23. The average molecular weight is 418 g/mol. The molecular weight excluding hydrogens is 406 g/mol. The molecule has 3 rings (SSSR count). The van der Waals surface area contributed by atoms with Gasteiger partial charge in [-0.3, -0.25) is 0 Å². The first kappa shape index (κ1) is 18.8. The second kappa shape index (κ2) is 6.99. The van der Waals surface area contributed by atoms with Gasteiger partial charge in [0.05, 0.1) is 26.6 Å². The van der Waals surface area contributed by atoms with Crippen LogP contribution in [0.4, 0.5) is 8.78 Å². The van der Waals surface area contributed by atoms with E-state index in [1.165, 1.54) is 11.3 Å². The predicted molar refractivity (Wildman–Crippen MR) is 93.3 cm³/mol. The van der Waals surface area contributed by atoms with Crippen LogP contribution in [0.5, 0.6) is 0 Å². The van der Waals surface area contributed by atoms with E-state index in [1.54, 1.807) is 0 Å². The standard InChI is InChI=1S/C15H12F2N2O4S3/c16-15(17)25(20,21)10-5-7-11(8-6-10)26(22,23)18-9-14-19-12-3-1-2-4-13(12)24-14/h1-8,15,18H,9H2. The van der Waals surface area contributed by atoms with Crippen molar-refractivity contribution in [2.75, 3.05) is 0 Å². The molecule has 11 heteroatoms. The van der Waals surface area contributed by atoms with Gasteiger partial charge in [-0.05, 0) is 36.4 Å². The summed E-state index contributed by atoms with van der Waals surface area (Å²) < 4.78 is 75.6. The number of alkyl halides is 2. The number of hydrogen-bond donors (Lipinski definition) is 1. The monoisotopic (exact) mass is 418 g/mol. The molecule has 0 radical (unpaired) electrons. The number of aromatic nitrogens is 1. The van der Waals surface area contributed by atoms with Gasteiger partial charge < -0.3 is 0 Å². The lowest BCUT2D eigenvalue weighted by molar-refractivity contribution is 0.234. The number of nitrogens with one attached hydrogen (secondary N) is 1. The minimum atomic E-state index is -4.77. The molecule has 0 amide bonds. The van der Waals surface area contributed by atoms with Crippen LogP contribution in [0.3, 0.4) is 0 Å². The van der Waals surface area contributed by atoms with Crippen LogP contribution in [-0.4, -0.2) is 27.6 Å². The second-order valence-corrected chi connectivity index (χ2v) is 9.98. The van der Waals surface area contributed by atoms with Crippen LogP contribution in [0.2, 0.25) is 0 Å². The number of para-hydroxylation sites is 1. The van der Waals surface area contributed by atoms with Gasteiger partial charge in [0.2, 0.25) is 19.9 Å². The molecule has 0 aliphatic heterocycles. The lowest BCUT2D eigenvalue weighted by atomic mass is 10.3. The zero-order valence-electron chi connectivity index (χ0n) is 13.0. The van der Waals surface area contributed by atoms with Crippen LogP contribution in [0, 0.1) is 0 Å². The van der Waals surface area contributed by atoms with Gasteiger partial charge in [0.15, 0.2) is 0 Å². The summed E-state index contributed by atoms with van der Waals surface area (Å²) in [7, 11) is -8.71. The number of sulfone groups is 1. The first-order chi connectivity index (χ1) is 12.2. The Morgan fingerprint density at radius 3 is 2.19 bits per heavy atom. The zero-order chi connectivity index (χ0) is 18.9. The highest BCUT2D eigenvalue weighted by Crippen LogP contribution is 2.23. The minimum absolute atomic E-state index is 0.0429. The summed E-state index contributed by atoms with van der Waals surface area (Å²) in [6.07, 6.45) is 0. The smallest absolute Gasteiger partial charge is 0.240 e. The zero-order valence-corrected chi connectivity index (χ0v) is 15.4. The van der Waals surface area contributed by atoms with E-state index in [9.17, 15) is 25.6 Å². The van der Waals surface area contributed by atoms with Crippen LogP contribution >= 0.6 is 11.3 Å². The van der Waals surface area contributed by atoms with E-state index in [2.05, 4.69) is 9.71 Å². The van der Waals surface area contributed by atoms with Crippen molar-refractivity contribution in [2.45, 2.75) is 22.1 Å². The molecule has 0 unspecified atom stereocenters. The van der Waals surface area contributed by atoms with Gasteiger partial charge in [0.25, 0.3) is 0 Å². The molecule has 0 bridgehead atoms. The molecule has 3 aromatic rings. The number of halogens is 2. The fourth-order valence-corrected chi connectivity index (χ4v) is 4.85. The summed E-state index contributed by atoms with van der Waals surface area (Å²) >= 11 is 1.34. The van der Waals surface area contributed by atoms with Crippen molar-refractivity contribution in [3.05, 3.63) is 53.5 Å². The Morgan fingerprint density at radius 1 is 0.962 bits per heavy atom. The third-order valence-corrected chi connectivity index (χ3v) is 7.30. The summed E-state index contributed by atoms with van der Waals surface area (Å²) in [4.78, 5) is 3.43. The maximum Gasteiger partial charge on any atom is 0.341 e. The Balaban J connectivity index is 1.77. The number of nitrogens with zero attached hydrogens (tertiary/aromatic N) is 1. The van der Waals surface area contributed by atoms with Crippen molar-refractivity contribution in [3.63, 3.8) is 0 Å². The van der Waals surface area contributed by atoms with E-state index in [0.717, 1.165) is 34.5 Å². The van der Waals surface area contributed by atoms with Crippen LogP contribution < -0.4 is 4.72 Å². The molecule has 0 fully saturated rings. The van der Waals surface area contributed by atoms with Crippen molar-refractivity contribution in [3.8, 4) is 0 Å². The van der Waals surface area contributed by atoms with Crippen LogP contribution in [0.15, 0.2) is 58.3 Å². The Hall–Kier alpha value is -1.95. The fraction of sp³-hybridized carbons (Fsp3) is 0.133. The molecule has 138 valence electrons. The predicted octanol–water partition coefficient (Wildman–Crippen LogP) is 2.77. The molecule has 1 heterocycles. The van der Waals surface area contributed by atoms with E-state index < -0.39 is 30.5 Å². The normalized spacial score (nSPS) is 12.7. The number of thiazole rings is 1. The van der Waals surface area contributed by atoms with Crippen LogP contribution in [0.25, 0.3) is 10.2 Å². The molecule has 1 aromatic heterocycles. The summed E-state index contributed by atoms with van der Waals surface area (Å²) in [5, 5.41) is 0.562. The first-order valence-electron chi connectivity index (χ1n) is 7.16. The molecule has 0 aliphatic rings. The molecule has 0 saturated carbocycles. The highest BCUT2D eigenvalue weighted by atomic mass is 32.2. The third kappa shape index (κ3) is 3.75. The fourth-order valence-electron chi connectivity index (χ4n) is 2.15. The molecule has 26 heavy (non-hydrogen) atoms. The number of hydrogen-bond acceptors (Lipinski definition) is 6. The van der Waals surface area contributed by atoms with Gasteiger partial charge in [-0.25, -0.2) is 26.5 Å². The first-order valence-corrected chi connectivity index (χ1v) is 11.0. The van der Waals surface area contributed by atoms with E-state index >= 15 is 0 Å². The molecule has 0 atom stereocenters. The maximum atomic E-state index is 12.5. The minimum Gasteiger partial charge on any atom is -0.240 e. The molecule has 0 aliphatic carbocycles. The van der Waals surface area contributed by atoms with Crippen molar-refractivity contribution in [1.29, 1.82) is 0 Å². The van der Waals surface area contributed by atoms with Gasteiger partial charge in [0.1, 0.15) is 5.01 Å². The summed E-state index contributed by atoms with van der Waals surface area (Å²) in [6.45, 7) is -0.0429. The quantitative estimate of drug-likeness (QED) is 0.664. The number of fused-ring (bicyclic) bond motifs is 1. The van der Waals surface area contributed by atoms with Crippen LogP contribution in [-0.2, 0) is 26.4 Å². The number of sulfonamides is 1. The Morgan fingerprint density at radius 2 is 1.58 bits per heavy atom. The third-order valence-electron chi connectivity index (χ3n) is 3.45. The molecule has 1 N–H and O–H groups in total. The lowest BCUT2D eigenvalue weighted by Gasteiger charge is -2.07. The Kier molecular flexibility index (Phi) is 5.06. The topological polar surface area (TPSA) is 93.2 Å². The summed E-state index contributed by atoms with van der Waals surface area (Å²) in [5.41, 5.74) is 0.758. The van der Waals surface area contributed by atoms with E-state index in [4.69, 9.17) is 0 Å². The average Bonchev–Trinajstić information content (AvgIpc) is 3.03. The van der Waals surface area contributed by atoms with Gasteiger partial charge in [0, 0.05) is 0 Å². The highest BCUT2D eigenvalue weighted by Gasteiger charge is 2.27. The molecule has 2 aromatic carbocycles. The number of benzene rings is 2. The van der Waals surface area contributed by atoms with Gasteiger partial charge in [-0.15, -0.1) is 11.3 Å². The highest BCUT2D eigenvalue weighted by molar-refractivity contribution is 7.91. The van der Waals surface area contributed by atoms with E-state index in [0.29, 0.717) is 5.01 Å². The van der Waals surface area contributed by atoms with Crippen molar-refractivity contribution >= 4 is 41.4 Å². The summed E-state index contributed by atoms with van der Waals surface area (Å²) in [6, 6.07) is 11.0.